The van der Waals surface area contributed by atoms with Crippen molar-refractivity contribution in [2.75, 3.05) is 23.0 Å². The van der Waals surface area contributed by atoms with Crippen LogP contribution in [0, 0.1) is 0 Å². The van der Waals surface area contributed by atoms with E-state index in [4.69, 9.17) is 9.84 Å². The van der Waals surface area contributed by atoms with Gasteiger partial charge >= 0.3 is 5.97 Å². The summed E-state index contributed by atoms with van der Waals surface area (Å²) in [6.07, 6.45) is -0.302. The van der Waals surface area contributed by atoms with Gasteiger partial charge in [-0.2, -0.15) is 0 Å². The highest BCUT2D eigenvalue weighted by molar-refractivity contribution is 8.00. The average Bonchev–Trinajstić information content (AvgIpc) is 2.67. The first-order valence-electron chi connectivity index (χ1n) is 8.73. The predicted molar refractivity (Wildman–Crippen MR) is 109 cm³/mol. The average molecular weight is 402 g/mol. The van der Waals surface area contributed by atoms with E-state index in [9.17, 15) is 14.4 Å². The van der Waals surface area contributed by atoms with Gasteiger partial charge in [0.1, 0.15) is 5.75 Å². The summed E-state index contributed by atoms with van der Waals surface area (Å²) in [6, 6.07) is 14.2. The highest BCUT2D eigenvalue weighted by atomic mass is 32.2. The quantitative estimate of drug-likeness (QED) is 0.524. The Balaban J connectivity index is 1.82. The summed E-state index contributed by atoms with van der Waals surface area (Å²) in [4.78, 5) is 35.2. The minimum atomic E-state index is -1.02. The smallest absolute Gasteiger partial charge is 0.303 e. The molecule has 7 nitrogen and oxygen atoms in total. The standard InChI is InChI=1S/C20H22N2O5S/c1-2-27-16-8-6-14(7-9-16)21-19(24)13-28-17-5-3-4-15(12-17)22-18(23)10-11-20(25)26/h3-9,12H,2,10-11,13H2,1H3,(H,21,24)(H,22,23)(H,25,26). The Hall–Kier alpha value is -3.00. The zero-order valence-electron chi connectivity index (χ0n) is 15.4. The van der Waals surface area contributed by atoms with Crippen LogP contribution in [0.3, 0.4) is 0 Å². The summed E-state index contributed by atoms with van der Waals surface area (Å²) < 4.78 is 5.36. The molecule has 3 N–H and O–H groups in total. The topological polar surface area (TPSA) is 105 Å². The molecule has 0 atom stereocenters. The third kappa shape index (κ3) is 7.71. The largest absolute Gasteiger partial charge is 0.494 e. The Morgan fingerprint density at radius 3 is 2.36 bits per heavy atom. The van der Waals surface area contributed by atoms with Gasteiger partial charge in [0.25, 0.3) is 0 Å². The van der Waals surface area contributed by atoms with Crippen LogP contribution >= 0.6 is 11.8 Å². The molecule has 0 heterocycles. The molecule has 0 bridgehead atoms. The Morgan fingerprint density at radius 2 is 1.68 bits per heavy atom. The molecule has 0 aromatic heterocycles. The maximum Gasteiger partial charge on any atom is 0.303 e. The van der Waals surface area contributed by atoms with Gasteiger partial charge in [-0.25, -0.2) is 0 Å². The van der Waals surface area contributed by atoms with Gasteiger partial charge in [-0.15, -0.1) is 11.8 Å². The van der Waals surface area contributed by atoms with E-state index >= 15 is 0 Å². The number of benzene rings is 2. The fraction of sp³-hybridized carbons (Fsp3) is 0.250. The van der Waals surface area contributed by atoms with E-state index in [1.807, 2.05) is 13.0 Å². The summed E-state index contributed by atoms with van der Waals surface area (Å²) in [5, 5.41) is 14.1. The van der Waals surface area contributed by atoms with Gasteiger partial charge in [-0.3, -0.25) is 14.4 Å². The third-order valence-corrected chi connectivity index (χ3v) is 4.50. The van der Waals surface area contributed by atoms with Crippen molar-refractivity contribution in [3.8, 4) is 5.75 Å². The van der Waals surface area contributed by atoms with Crippen molar-refractivity contribution in [1.82, 2.24) is 0 Å². The normalized spacial score (nSPS) is 10.2. The molecule has 0 aliphatic carbocycles. The van der Waals surface area contributed by atoms with Crippen LogP contribution in [-0.4, -0.2) is 35.2 Å². The molecule has 8 heteroatoms. The molecule has 0 saturated heterocycles. The summed E-state index contributed by atoms with van der Waals surface area (Å²) >= 11 is 1.34. The van der Waals surface area contributed by atoms with Crippen molar-refractivity contribution in [2.45, 2.75) is 24.7 Å². The van der Waals surface area contributed by atoms with E-state index in [0.717, 1.165) is 10.6 Å². The Labute approximate surface area is 167 Å². The molecule has 2 amide bonds. The maximum atomic E-state index is 12.1. The Morgan fingerprint density at radius 1 is 0.964 bits per heavy atom. The number of carboxylic acids is 1. The summed E-state index contributed by atoms with van der Waals surface area (Å²) in [5.41, 5.74) is 1.25. The van der Waals surface area contributed by atoms with Crippen LogP contribution in [0.25, 0.3) is 0 Å². The molecular weight excluding hydrogens is 380 g/mol. The number of carbonyl (C=O) groups is 3. The number of carbonyl (C=O) groups excluding carboxylic acids is 2. The lowest BCUT2D eigenvalue weighted by Gasteiger charge is -2.08. The van der Waals surface area contributed by atoms with Gasteiger partial charge in [0.05, 0.1) is 18.8 Å². The number of hydrogen-bond acceptors (Lipinski definition) is 5. The number of hydrogen-bond donors (Lipinski definition) is 3. The van der Waals surface area contributed by atoms with Gasteiger partial charge in [0, 0.05) is 22.7 Å². The van der Waals surface area contributed by atoms with Crippen LogP contribution in [0.15, 0.2) is 53.4 Å². The van der Waals surface area contributed by atoms with Crippen molar-refractivity contribution in [2.24, 2.45) is 0 Å². The van der Waals surface area contributed by atoms with Gasteiger partial charge < -0.3 is 20.5 Å². The molecule has 0 unspecified atom stereocenters. The van der Waals surface area contributed by atoms with E-state index in [2.05, 4.69) is 10.6 Å². The number of nitrogens with one attached hydrogen (secondary N) is 2. The zero-order chi connectivity index (χ0) is 20.4. The first kappa shape index (κ1) is 21.3. The molecule has 0 aliphatic rings. The fourth-order valence-electron chi connectivity index (χ4n) is 2.25. The van der Waals surface area contributed by atoms with Gasteiger partial charge in [-0.05, 0) is 49.4 Å². The second kappa shape index (κ2) is 11.0. The number of thioether (sulfide) groups is 1. The van der Waals surface area contributed by atoms with Crippen molar-refractivity contribution in [3.63, 3.8) is 0 Å². The fourth-order valence-corrected chi connectivity index (χ4v) is 3.01. The molecular formula is C20H22N2O5S. The number of anilines is 2. The zero-order valence-corrected chi connectivity index (χ0v) is 16.3. The molecule has 0 radical (unpaired) electrons. The highest BCUT2D eigenvalue weighted by Crippen LogP contribution is 2.22. The van der Waals surface area contributed by atoms with Crippen molar-refractivity contribution < 1.29 is 24.2 Å². The SMILES string of the molecule is CCOc1ccc(NC(=O)CSc2cccc(NC(=O)CCC(=O)O)c2)cc1. The summed E-state index contributed by atoms with van der Waals surface area (Å²) in [7, 11) is 0. The minimum Gasteiger partial charge on any atom is -0.494 e. The van der Waals surface area contributed by atoms with E-state index in [1.54, 1.807) is 42.5 Å². The van der Waals surface area contributed by atoms with Crippen LogP contribution in [0.5, 0.6) is 5.75 Å². The lowest BCUT2D eigenvalue weighted by atomic mass is 10.2. The summed E-state index contributed by atoms with van der Waals surface area (Å²) in [6.45, 7) is 2.49. The monoisotopic (exact) mass is 402 g/mol. The number of rotatable bonds is 10. The van der Waals surface area contributed by atoms with Crippen LogP contribution in [0.1, 0.15) is 19.8 Å². The molecule has 2 aromatic rings. The maximum absolute atomic E-state index is 12.1. The molecule has 0 fully saturated rings. The third-order valence-electron chi connectivity index (χ3n) is 3.50. The van der Waals surface area contributed by atoms with E-state index in [1.165, 1.54) is 11.8 Å². The molecule has 148 valence electrons. The Kier molecular flexibility index (Phi) is 8.36. The number of ether oxygens (including phenoxy) is 1. The second-order valence-electron chi connectivity index (χ2n) is 5.76. The van der Waals surface area contributed by atoms with Crippen LogP contribution in [0.2, 0.25) is 0 Å². The van der Waals surface area contributed by atoms with Crippen LogP contribution in [0.4, 0.5) is 11.4 Å². The lowest BCUT2D eigenvalue weighted by Crippen LogP contribution is -2.14. The number of carboxylic acid groups (broad SMARTS) is 1. The summed E-state index contributed by atoms with van der Waals surface area (Å²) in [5.74, 6) is -0.568. The molecule has 0 aliphatic heterocycles. The molecule has 2 rings (SSSR count). The first-order chi connectivity index (χ1) is 13.5. The molecule has 0 spiro atoms. The van der Waals surface area contributed by atoms with Crippen molar-refractivity contribution in [3.05, 3.63) is 48.5 Å². The molecule has 0 saturated carbocycles. The van der Waals surface area contributed by atoms with Gasteiger partial charge in [0.15, 0.2) is 0 Å². The first-order valence-corrected chi connectivity index (χ1v) is 9.72. The molecule has 28 heavy (non-hydrogen) atoms. The second-order valence-corrected chi connectivity index (χ2v) is 6.81. The highest BCUT2D eigenvalue weighted by Gasteiger charge is 2.08. The number of aliphatic carboxylic acids is 1. The van der Waals surface area contributed by atoms with Gasteiger partial charge in [-0.1, -0.05) is 6.07 Å². The van der Waals surface area contributed by atoms with E-state index < -0.39 is 5.97 Å². The Bertz CT molecular complexity index is 824. The van der Waals surface area contributed by atoms with Crippen LogP contribution < -0.4 is 15.4 Å². The lowest BCUT2D eigenvalue weighted by molar-refractivity contribution is -0.138. The van der Waals surface area contributed by atoms with Crippen molar-refractivity contribution in [1.29, 1.82) is 0 Å². The van der Waals surface area contributed by atoms with E-state index in [0.29, 0.717) is 18.0 Å². The molecule has 2 aromatic carbocycles. The van der Waals surface area contributed by atoms with Crippen LogP contribution in [-0.2, 0) is 14.4 Å². The van der Waals surface area contributed by atoms with E-state index in [-0.39, 0.29) is 30.4 Å². The number of amides is 2. The van der Waals surface area contributed by atoms with Gasteiger partial charge in [0.2, 0.25) is 11.8 Å². The predicted octanol–water partition coefficient (Wildman–Crippen LogP) is 3.62. The minimum absolute atomic E-state index is 0.0861. The van der Waals surface area contributed by atoms with Crippen molar-refractivity contribution >= 4 is 40.9 Å².